The molecule has 2 unspecified atom stereocenters. The number of fused-ring (bicyclic) bond motifs is 1. The summed E-state index contributed by atoms with van der Waals surface area (Å²) in [6, 6.07) is 0. The molecule has 2 saturated heterocycles. The molecule has 0 radical (unpaired) electrons. The predicted octanol–water partition coefficient (Wildman–Crippen LogP) is 1.24. The number of amides is 1. The van der Waals surface area contributed by atoms with Gasteiger partial charge >= 0.3 is 0 Å². The number of nitrogens with one attached hydrogen (secondary N) is 1. The zero-order valence-electron chi connectivity index (χ0n) is 16.0. The summed E-state index contributed by atoms with van der Waals surface area (Å²) in [6.45, 7) is 12.6. The van der Waals surface area contributed by atoms with Crippen LogP contribution in [0.3, 0.4) is 0 Å². The van der Waals surface area contributed by atoms with E-state index in [1.54, 1.807) is 6.92 Å². The van der Waals surface area contributed by atoms with Crippen LogP contribution in [0, 0.1) is 11.8 Å². The van der Waals surface area contributed by atoms with Crippen molar-refractivity contribution in [3.05, 3.63) is 0 Å². The summed E-state index contributed by atoms with van der Waals surface area (Å²) in [6.07, 6.45) is 5.63. The fourth-order valence-electron chi connectivity index (χ4n) is 4.59. The van der Waals surface area contributed by atoms with Gasteiger partial charge in [0.1, 0.15) is 0 Å². The van der Waals surface area contributed by atoms with Crippen molar-refractivity contribution in [2.24, 2.45) is 16.8 Å². The zero-order valence-corrected chi connectivity index (χ0v) is 16.0. The summed E-state index contributed by atoms with van der Waals surface area (Å²) >= 11 is 0. The van der Waals surface area contributed by atoms with E-state index >= 15 is 0 Å². The molecule has 1 aliphatic carbocycles. The summed E-state index contributed by atoms with van der Waals surface area (Å²) < 4.78 is 0. The van der Waals surface area contributed by atoms with Gasteiger partial charge < -0.3 is 15.1 Å². The van der Waals surface area contributed by atoms with Crippen molar-refractivity contribution in [1.82, 2.24) is 20.0 Å². The molecule has 2 heterocycles. The molecule has 0 aromatic rings. The molecule has 3 rings (SSSR count). The molecule has 6 nitrogen and oxygen atoms in total. The molecule has 3 fully saturated rings. The third kappa shape index (κ3) is 4.87. The Balaban J connectivity index is 1.47. The van der Waals surface area contributed by atoms with Gasteiger partial charge in [-0.1, -0.05) is 12.8 Å². The Labute approximate surface area is 152 Å². The Hall–Kier alpha value is -1.30. The average Bonchev–Trinajstić information content (AvgIpc) is 3.05. The van der Waals surface area contributed by atoms with E-state index in [2.05, 4.69) is 22.0 Å². The fourth-order valence-corrected chi connectivity index (χ4v) is 4.59. The fraction of sp³-hybridized carbons (Fsp3) is 0.895. The first-order chi connectivity index (χ1) is 12.2. The molecule has 0 aromatic carbocycles. The van der Waals surface area contributed by atoms with Crippen molar-refractivity contribution in [2.45, 2.75) is 39.5 Å². The van der Waals surface area contributed by atoms with Gasteiger partial charge in [-0.05, 0) is 31.6 Å². The van der Waals surface area contributed by atoms with Crippen molar-refractivity contribution in [2.75, 3.05) is 58.9 Å². The largest absolute Gasteiger partial charge is 0.357 e. The highest BCUT2D eigenvalue weighted by atomic mass is 16.2. The van der Waals surface area contributed by atoms with Crippen LogP contribution < -0.4 is 5.32 Å². The quantitative estimate of drug-likeness (QED) is 0.613. The predicted molar refractivity (Wildman–Crippen MR) is 102 cm³/mol. The van der Waals surface area contributed by atoms with E-state index in [-0.39, 0.29) is 5.91 Å². The van der Waals surface area contributed by atoms with Crippen LogP contribution in [0.2, 0.25) is 0 Å². The maximum Gasteiger partial charge on any atom is 0.219 e. The monoisotopic (exact) mass is 349 g/mol. The van der Waals surface area contributed by atoms with E-state index in [4.69, 9.17) is 4.99 Å². The highest BCUT2D eigenvalue weighted by Gasteiger charge is 2.35. The molecular formula is C19H35N5O. The van der Waals surface area contributed by atoms with Gasteiger partial charge in [0.25, 0.3) is 0 Å². The van der Waals surface area contributed by atoms with E-state index in [0.29, 0.717) is 0 Å². The molecule has 25 heavy (non-hydrogen) atoms. The first-order valence-electron chi connectivity index (χ1n) is 10.2. The first-order valence-corrected chi connectivity index (χ1v) is 10.2. The van der Waals surface area contributed by atoms with Gasteiger partial charge in [0.05, 0.1) is 6.54 Å². The van der Waals surface area contributed by atoms with Crippen LogP contribution in [0.1, 0.15) is 39.5 Å². The minimum absolute atomic E-state index is 0.197. The molecule has 6 heteroatoms. The summed E-state index contributed by atoms with van der Waals surface area (Å²) in [5.74, 6) is 3.08. The molecule has 0 bridgehead atoms. The van der Waals surface area contributed by atoms with E-state index < -0.39 is 0 Å². The van der Waals surface area contributed by atoms with Crippen molar-refractivity contribution in [1.29, 1.82) is 0 Å². The maximum atomic E-state index is 11.4. The number of hydrogen-bond acceptors (Lipinski definition) is 3. The van der Waals surface area contributed by atoms with Gasteiger partial charge in [0.15, 0.2) is 5.96 Å². The molecule has 2 aliphatic heterocycles. The normalized spacial score (nSPS) is 28.2. The van der Waals surface area contributed by atoms with Gasteiger partial charge in [0.2, 0.25) is 5.91 Å². The Morgan fingerprint density at radius 2 is 1.68 bits per heavy atom. The van der Waals surface area contributed by atoms with E-state index in [0.717, 1.165) is 63.6 Å². The second kappa shape index (κ2) is 8.88. The number of rotatable bonds is 4. The number of carbonyl (C=O) groups is 1. The van der Waals surface area contributed by atoms with Crippen LogP contribution in [0.4, 0.5) is 0 Å². The van der Waals surface area contributed by atoms with Crippen LogP contribution >= 0.6 is 0 Å². The maximum absolute atomic E-state index is 11.4. The van der Waals surface area contributed by atoms with Crippen LogP contribution in [0.15, 0.2) is 4.99 Å². The Morgan fingerprint density at radius 1 is 1.04 bits per heavy atom. The molecule has 1 N–H and O–H groups in total. The molecule has 0 aromatic heterocycles. The number of aliphatic imine (C=N–C) groups is 1. The van der Waals surface area contributed by atoms with E-state index in [1.165, 1.54) is 38.8 Å². The van der Waals surface area contributed by atoms with Crippen molar-refractivity contribution >= 4 is 11.9 Å². The third-order valence-electron chi connectivity index (χ3n) is 6.11. The van der Waals surface area contributed by atoms with Crippen LogP contribution in [-0.4, -0.2) is 85.5 Å². The second-order valence-electron chi connectivity index (χ2n) is 7.79. The highest BCUT2D eigenvalue weighted by molar-refractivity contribution is 5.80. The highest BCUT2D eigenvalue weighted by Crippen LogP contribution is 2.35. The number of carbonyl (C=O) groups excluding carboxylic acids is 1. The smallest absolute Gasteiger partial charge is 0.219 e. The summed E-state index contributed by atoms with van der Waals surface area (Å²) in [7, 11) is 0. The van der Waals surface area contributed by atoms with Gasteiger partial charge in [0, 0.05) is 59.3 Å². The number of hydrogen-bond donors (Lipinski definition) is 1. The third-order valence-corrected chi connectivity index (χ3v) is 6.11. The second-order valence-corrected chi connectivity index (χ2v) is 7.79. The number of piperazine rings is 1. The molecule has 142 valence electrons. The van der Waals surface area contributed by atoms with Crippen molar-refractivity contribution in [3.63, 3.8) is 0 Å². The van der Waals surface area contributed by atoms with E-state index in [1.807, 2.05) is 4.90 Å². The molecule has 2 atom stereocenters. The van der Waals surface area contributed by atoms with E-state index in [9.17, 15) is 4.79 Å². The molecule has 1 amide bonds. The lowest BCUT2D eigenvalue weighted by atomic mass is 9.82. The van der Waals surface area contributed by atoms with Gasteiger partial charge in [-0.2, -0.15) is 0 Å². The minimum atomic E-state index is 0.197. The topological polar surface area (TPSA) is 51.2 Å². The summed E-state index contributed by atoms with van der Waals surface area (Å²) in [5, 5.41) is 3.50. The van der Waals surface area contributed by atoms with Crippen LogP contribution in [0.25, 0.3) is 0 Å². The zero-order chi connectivity index (χ0) is 17.6. The lowest BCUT2D eigenvalue weighted by Crippen LogP contribution is -2.48. The van der Waals surface area contributed by atoms with Gasteiger partial charge in [-0.15, -0.1) is 0 Å². The molecule has 3 aliphatic rings. The lowest BCUT2D eigenvalue weighted by Gasteiger charge is -2.33. The summed E-state index contributed by atoms with van der Waals surface area (Å²) in [5.41, 5.74) is 0. The molecule has 0 spiro atoms. The Kier molecular flexibility index (Phi) is 6.57. The number of nitrogens with zero attached hydrogens (tertiary/aromatic N) is 4. The number of likely N-dealkylation sites (tertiary alicyclic amines) is 1. The first kappa shape index (κ1) is 18.5. The lowest BCUT2D eigenvalue weighted by molar-refractivity contribution is -0.130. The Morgan fingerprint density at radius 3 is 2.24 bits per heavy atom. The molecule has 1 saturated carbocycles. The standard InChI is InChI=1S/C19H35N5O/c1-3-20-19(24-14-17-6-4-5-7-18(17)15-24)21-8-9-22-10-12-23(13-11-22)16(2)25/h17-18H,3-15H2,1-2H3,(H,20,21). The summed E-state index contributed by atoms with van der Waals surface area (Å²) in [4.78, 5) is 23.2. The SMILES string of the molecule is CCNC(=NCCN1CCN(C(C)=O)CC1)N1CC2CCCCC2C1. The average molecular weight is 350 g/mol. The van der Waals surface area contributed by atoms with Gasteiger partial charge in [-0.25, -0.2) is 0 Å². The minimum Gasteiger partial charge on any atom is -0.357 e. The van der Waals surface area contributed by atoms with Crippen LogP contribution in [0.5, 0.6) is 0 Å². The van der Waals surface area contributed by atoms with Crippen molar-refractivity contribution in [3.8, 4) is 0 Å². The number of guanidine groups is 1. The Bertz CT molecular complexity index is 458. The van der Waals surface area contributed by atoms with Crippen molar-refractivity contribution < 1.29 is 4.79 Å². The van der Waals surface area contributed by atoms with Gasteiger partial charge in [-0.3, -0.25) is 14.7 Å². The van der Waals surface area contributed by atoms with Crippen LogP contribution in [-0.2, 0) is 4.79 Å². The molecular weight excluding hydrogens is 314 g/mol.